The number of rotatable bonds is 1. The van der Waals surface area contributed by atoms with Gasteiger partial charge in [-0.3, -0.25) is 9.59 Å². The van der Waals surface area contributed by atoms with Crippen molar-refractivity contribution in [3.05, 3.63) is 30.1 Å². The first-order valence-electron chi connectivity index (χ1n) is 5.73. The Kier molecular flexibility index (Phi) is 2.47. The van der Waals surface area contributed by atoms with Gasteiger partial charge in [0.25, 0.3) is 5.91 Å². The maximum absolute atomic E-state index is 12.2. The summed E-state index contributed by atoms with van der Waals surface area (Å²) in [5.41, 5.74) is 2.21. The van der Waals surface area contributed by atoms with Crippen molar-refractivity contribution in [2.45, 2.75) is 0 Å². The molecule has 1 aromatic heterocycles. The molecule has 1 aliphatic rings. The van der Waals surface area contributed by atoms with E-state index in [0.29, 0.717) is 18.7 Å². The number of hydrogen-bond donors (Lipinski definition) is 2. The summed E-state index contributed by atoms with van der Waals surface area (Å²) in [6.07, 6.45) is 1.59. The molecule has 3 rings (SSSR count). The Balaban J connectivity index is 1.88. The van der Waals surface area contributed by atoms with E-state index >= 15 is 0 Å². The van der Waals surface area contributed by atoms with Crippen LogP contribution in [0.1, 0.15) is 10.4 Å². The number of nitrogens with one attached hydrogen (secondary N) is 2. The van der Waals surface area contributed by atoms with Gasteiger partial charge in [-0.05, 0) is 18.2 Å². The first-order valence-corrected chi connectivity index (χ1v) is 5.73. The zero-order chi connectivity index (χ0) is 12.5. The molecule has 2 heterocycles. The number of hydrogen-bond acceptors (Lipinski definition) is 3. The molecule has 0 atom stereocenters. The number of amides is 2. The van der Waals surface area contributed by atoms with Crippen LogP contribution in [-0.4, -0.2) is 46.3 Å². The van der Waals surface area contributed by atoms with Crippen LogP contribution in [-0.2, 0) is 4.79 Å². The number of piperazine rings is 1. The highest BCUT2D eigenvalue weighted by molar-refractivity contribution is 5.99. The van der Waals surface area contributed by atoms with Crippen LogP contribution < -0.4 is 5.32 Å². The second kappa shape index (κ2) is 4.14. The molecule has 0 bridgehead atoms. The number of H-pyrrole nitrogens is 1. The minimum absolute atomic E-state index is 0.114. The van der Waals surface area contributed by atoms with Gasteiger partial charge in [0.15, 0.2) is 0 Å². The van der Waals surface area contributed by atoms with Crippen molar-refractivity contribution in [1.82, 2.24) is 20.2 Å². The topological polar surface area (TPSA) is 78.1 Å². The summed E-state index contributed by atoms with van der Waals surface area (Å²) >= 11 is 0. The Morgan fingerprint density at radius 2 is 2.28 bits per heavy atom. The summed E-state index contributed by atoms with van der Waals surface area (Å²) in [7, 11) is 0. The SMILES string of the molecule is O=C1CN(C(=O)c2ccc3nc[nH]c3c2)CCN1. The third-order valence-corrected chi connectivity index (χ3v) is 2.99. The van der Waals surface area contributed by atoms with Crippen LogP contribution in [0.25, 0.3) is 11.0 Å². The van der Waals surface area contributed by atoms with Gasteiger partial charge < -0.3 is 15.2 Å². The lowest BCUT2D eigenvalue weighted by molar-refractivity contribution is -0.123. The van der Waals surface area contributed by atoms with Crippen LogP contribution >= 0.6 is 0 Å². The van der Waals surface area contributed by atoms with Gasteiger partial charge in [0.05, 0.1) is 23.9 Å². The Hall–Kier alpha value is -2.37. The molecule has 1 saturated heterocycles. The molecular formula is C12H12N4O2. The lowest BCUT2D eigenvalue weighted by Gasteiger charge is -2.26. The highest BCUT2D eigenvalue weighted by Gasteiger charge is 2.22. The molecule has 0 spiro atoms. The number of aromatic amines is 1. The maximum Gasteiger partial charge on any atom is 0.254 e. The number of imidazole rings is 1. The van der Waals surface area contributed by atoms with E-state index in [0.717, 1.165) is 11.0 Å². The van der Waals surface area contributed by atoms with E-state index in [2.05, 4.69) is 15.3 Å². The number of nitrogens with zero attached hydrogens (tertiary/aromatic N) is 2. The Morgan fingerprint density at radius 1 is 1.39 bits per heavy atom. The fourth-order valence-electron chi connectivity index (χ4n) is 2.06. The average molecular weight is 244 g/mol. The first kappa shape index (κ1) is 10.8. The standard InChI is InChI=1S/C12H12N4O2/c17-11-6-16(4-3-13-11)12(18)8-1-2-9-10(5-8)15-7-14-9/h1-2,5,7H,3-4,6H2,(H,13,17)(H,14,15). The van der Waals surface area contributed by atoms with E-state index in [1.807, 2.05) is 0 Å². The lowest BCUT2D eigenvalue weighted by atomic mass is 10.1. The van der Waals surface area contributed by atoms with Crippen molar-refractivity contribution in [2.75, 3.05) is 19.6 Å². The molecule has 0 radical (unpaired) electrons. The molecule has 18 heavy (non-hydrogen) atoms. The fourth-order valence-corrected chi connectivity index (χ4v) is 2.06. The van der Waals surface area contributed by atoms with Gasteiger partial charge in [-0.15, -0.1) is 0 Å². The van der Waals surface area contributed by atoms with E-state index < -0.39 is 0 Å². The number of carbonyl (C=O) groups is 2. The first-order chi connectivity index (χ1) is 8.74. The lowest BCUT2D eigenvalue weighted by Crippen LogP contribution is -2.49. The van der Waals surface area contributed by atoms with Crippen LogP contribution in [0.3, 0.4) is 0 Å². The summed E-state index contributed by atoms with van der Waals surface area (Å²) in [6.45, 7) is 1.18. The van der Waals surface area contributed by atoms with Gasteiger partial charge in [0.2, 0.25) is 5.91 Å². The average Bonchev–Trinajstić information content (AvgIpc) is 2.85. The molecule has 0 saturated carbocycles. The minimum Gasteiger partial charge on any atom is -0.353 e. The highest BCUT2D eigenvalue weighted by Crippen LogP contribution is 2.13. The van der Waals surface area contributed by atoms with Gasteiger partial charge in [-0.2, -0.15) is 0 Å². The molecule has 1 aliphatic heterocycles. The van der Waals surface area contributed by atoms with Crippen LogP contribution in [0.2, 0.25) is 0 Å². The predicted octanol–water partition coefficient (Wildman–Crippen LogP) is 0.135. The summed E-state index contributed by atoms with van der Waals surface area (Å²) in [6, 6.07) is 5.29. The van der Waals surface area contributed by atoms with Crippen molar-refractivity contribution in [3.8, 4) is 0 Å². The van der Waals surface area contributed by atoms with Crippen molar-refractivity contribution < 1.29 is 9.59 Å². The molecule has 92 valence electrons. The van der Waals surface area contributed by atoms with Crippen LogP contribution in [0, 0.1) is 0 Å². The number of carbonyl (C=O) groups excluding carboxylic acids is 2. The molecule has 2 N–H and O–H groups in total. The summed E-state index contributed by atoms with van der Waals surface area (Å²) < 4.78 is 0. The third kappa shape index (κ3) is 1.81. The van der Waals surface area contributed by atoms with Gasteiger partial charge in [-0.25, -0.2) is 4.98 Å². The number of aromatic nitrogens is 2. The second-order valence-corrected chi connectivity index (χ2v) is 4.21. The van der Waals surface area contributed by atoms with Gasteiger partial charge in [-0.1, -0.05) is 0 Å². The zero-order valence-electron chi connectivity index (χ0n) is 9.64. The monoisotopic (exact) mass is 244 g/mol. The normalized spacial score (nSPS) is 15.8. The molecule has 1 fully saturated rings. The van der Waals surface area contributed by atoms with Crippen LogP contribution in [0.15, 0.2) is 24.5 Å². The van der Waals surface area contributed by atoms with E-state index in [1.54, 1.807) is 29.4 Å². The van der Waals surface area contributed by atoms with Gasteiger partial charge in [0, 0.05) is 18.7 Å². The Morgan fingerprint density at radius 3 is 3.11 bits per heavy atom. The number of fused-ring (bicyclic) bond motifs is 1. The summed E-state index contributed by atoms with van der Waals surface area (Å²) in [5, 5.41) is 2.69. The predicted molar refractivity (Wildman–Crippen MR) is 65.0 cm³/mol. The van der Waals surface area contributed by atoms with E-state index in [-0.39, 0.29) is 18.4 Å². The third-order valence-electron chi connectivity index (χ3n) is 2.99. The summed E-state index contributed by atoms with van der Waals surface area (Å²) in [4.78, 5) is 32.1. The quantitative estimate of drug-likeness (QED) is 0.748. The molecule has 6 nitrogen and oxygen atoms in total. The fraction of sp³-hybridized carbons (Fsp3) is 0.250. The molecule has 2 amide bonds. The van der Waals surface area contributed by atoms with Crippen molar-refractivity contribution >= 4 is 22.8 Å². The zero-order valence-corrected chi connectivity index (χ0v) is 9.64. The highest BCUT2D eigenvalue weighted by atomic mass is 16.2. The van der Waals surface area contributed by atoms with E-state index in [4.69, 9.17) is 0 Å². The van der Waals surface area contributed by atoms with E-state index in [1.165, 1.54) is 0 Å². The molecular weight excluding hydrogens is 232 g/mol. The molecule has 2 aromatic rings. The Bertz CT molecular complexity index is 619. The maximum atomic E-state index is 12.2. The minimum atomic E-state index is -0.124. The molecule has 0 unspecified atom stereocenters. The van der Waals surface area contributed by atoms with E-state index in [9.17, 15) is 9.59 Å². The van der Waals surface area contributed by atoms with Crippen molar-refractivity contribution in [3.63, 3.8) is 0 Å². The number of benzene rings is 1. The summed E-state index contributed by atoms with van der Waals surface area (Å²) in [5.74, 6) is -0.237. The molecule has 6 heteroatoms. The largest absolute Gasteiger partial charge is 0.353 e. The smallest absolute Gasteiger partial charge is 0.254 e. The van der Waals surface area contributed by atoms with Crippen LogP contribution in [0.5, 0.6) is 0 Å². The molecule has 1 aromatic carbocycles. The van der Waals surface area contributed by atoms with Gasteiger partial charge >= 0.3 is 0 Å². The van der Waals surface area contributed by atoms with Gasteiger partial charge in [0.1, 0.15) is 0 Å². The van der Waals surface area contributed by atoms with Crippen molar-refractivity contribution in [1.29, 1.82) is 0 Å². The second-order valence-electron chi connectivity index (χ2n) is 4.21. The van der Waals surface area contributed by atoms with Crippen LogP contribution in [0.4, 0.5) is 0 Å². The Labute approximate surface area is 103 Å². The van der Waals surface area contributed by atoms with Crippen molar-refractivity contribution in [2.24, 2.45) is 0 Å². The molecule has 0 aliphatic carbocycles.